The Hall–Kier alpha value is -0.560. The number of nitrogens with two attached hydrogens (primary N) is 1. The van der Waals surface area contributed by atoms with Gasteiger partial charge >= 0.3 is 0 Å². The minimum atomic E-state index is -3.11. The first kappa shape index (κ1) is 14.8. The van der Waals surface area contributed by atoms with Gasteiger partial charge in [0, 0.05) is 13.1 Å². The maximum Gasteiger partial charge on any atom is 0.211 e. The lowest BCUT2D eigenvalue weighted by molar-refractivity contribution is 0.241. The normalized spacial score (nSPS) is 23.4. The summed E-state index contributed by atoms with van der Waals surface area (Å²) in [5.74, 6) is 0.920. The molecule has 19 heavy (non-hydrogen) atoms. The highest BCUT2D eigenvalue weighted by molar-refractivity contribution is 7.88. The fourth-order valence-electron chi connectivity index (χ4n) is 2.52. The van der Waals surface area contributed by atoms with Gasteiger partial charge < -0.3 is 10.2 Å². The highest BCUT2D eigenvalue weighted by Crippen LogP contribution is 2.28. The van der Waals surface area contributed by atoms with Crippen molar-refractivity contribution in [2.45, 2.75) is 25.3 Å². The van der Waals surface area contributed by atoms with Gasteiger partial charge in [-0.3, -0.25) is 0 Å². The summed E-state index contributed by atoms with van der Waals surface area (Å²) in [4.78, 5) is 0. The molecule has 1 aliphatic heterocycles. The zero-order chi connectivity index (χ0) is 14.0. The van der Waals surface area contributed by atoms with Gasteiger partial charge in [-0.25, -0.2) is 12.7 Å². The average molecular weight is 307 g/mol. The molecule has 2 rings (SSSR count). The van der Waals surface area contributed by atoms with Gasteiger partial charge in [-0.05, 0) is 48.9 Å². The zero-order valence-corrected chi connectivity index (χ0v) is 12.5. The molecular formula is C12H19ClN2O3S. The van der Waals surface area contributed by atoms with Gasteiger partial charge in [-0.15, -0.1) is 0 Å². The highest BCUT2D eigenvalue weighted by atomic mass is 35.5. The second kappa shape index (κ2) is 5.83. The molecule has 1 aromatic heterocycles. The van der Waals surface area contributed by atoms with Crippen LogP contribution in [0.15, 0.2) is 16.5 Å². The maximum absolute atomic E-state index is 11.5. The molecule has 0 spiro atoms. The standard InChI is InChI=1S/C12H19ClN2O3S/c1-19(16,17)15-6-2-3-9(8-15)7-10(14)11-4-5-12(13)18-11/h4-5,9-10H,2-3,6-8,14H2,1H3. The molecule has 2 unspecified atom stereocenters. The lowest BCUT2D eigenvalue weighted by atomic mass is 9.92. The molecule has 0 radical (unpaired) electrons. The largest absolute Gasteiger partial charge is 0.448 e. The fourth-order valence-corrected chi connectivity index (χ4v) is 3.62. The molecule has 1 saturated heterocycles. The summed E-state index contributed by atoms with van der Waals surface area (Å²) in [7, 11) is -3.11. The molecule has 5 nitrogen and oxygen atoms in total. The van der Waals surface area contributed by atoms with Crippen molar-refractivity contribution in [2.24, 2.45) is 11.7 Å². The molecule has 2 atom stereocenters. The Morgan fingerprint density at radius 2 is 2.32 bits per heavy atom. The van der Waals surface area contributed by atoms with E-state index in [1.807, 2.05) is 0 Å². The topological polar surface area (TPSA) is 76.5 Å². The van der Waals surface area contributed by atoms with Gasteiger partial charge in [0.05, 0.1) is 12.3 Å². The van der Waals surface area contributed by atoms with E-state index in [9.17, 15) is 8.42 Å². The van der Waals surface area contributed by atoms with E-state index in [1.54, 1.807) is 12.1 Å². The van der Waals surface area contributed by atoms with Gasteiger partial charge in [-0.2, -0.15) is 0 Å². The van der Waals surface area contributed by atoms with E-state index in [1.165, 1.54) is 10.6 Å². The lowest BCUT2D eigenvalue weighted by Crippen LogP contribution is -2.40. The average Bonchev–Trinajstić information content (AvgIpc) is 2.75. The van der Waals surface area contributed by atoms with Crippen LogP contribution in [0.5, 0.6) is 0 Å². The first-order valence-electron chi connectivity index (χ1n) is 6.32. The summed E-state index contributed by atoms with van der Waals surface area (Å²) >= 11 is 5.72. The number of hydrogen-bond acceptors (Lipinski definition) is 4. The summed E-state index contributed by atoms with van der Waals surface area (Å²) in [6.45, 7) is 1.15. The molecule has 1 fully saturated rings. The van der Waals surface area contributed by atoms with Crippen LogP contribution in [0.25, 0.3) is 0 Å². The smallest absolute Gasteiger partial charge is 0.211 e. The summed E-state index contributed by atoms with van der Waals surface area (Å²) < 4.78 is 29.9. The molecule has 0 amide bonds. The van der Waals surface area contributed by atoms with E-state index in [-0.39, 0.29) is 12.0 Å². The summed E-state index contributed by atoms with van der Waals surface area (Å²) in [5, 5.41) is 0.326. The Bertz CT molecular complexity index is 529. The predicted octanol–water partition coefficient (Wildman–Crippen LogP) is 1.99. The molecule has 108 valence electrons. The molecule has 0 bridgehead atoms. The van der Waals surface area contributed by atoms with Crippen LogP contribution in [0.1, 0.15) is 31.1 Å². The van der Waals surface area contributed by atoms with Gasteiger partial charge in [0.2, 0.25) is 10.0 Å². The Balaban J connectivity index is 1.95. The van der Waals surface area contributed by atoms with E-state index >= 15 is 0 Å². The van der Waals surface area contributed by atoms with Crippen molar-refractivity contribution < 1.29 is 12.8 Å². The molecule has 1 aromatic rings. The third-order valence-corrected chi connectivity index (χ3v) is 4.97. The third kappa shape index (κ3) is 3.95. The number of hydrogen-bond donors (Lipinski definition) is 1. The fraction of sp³-hybridized carbons (Fsp3) is 0.667. The first-order valence-corrected chi connectivity index (χ1v) is 8.55. The monoisotopic (exact) mass is 306 g/mol. The lowest BCUT2D eigenvalue weighted by Gasteiger charge is -2.31. The zero-order valence-electron chi connectivity index (χ0n) is 10.9. The van der Waals surface area contributed by atoms with Crippen LogP contribution in [0.3, 0.4) is 0 Å². The van der Waals surface area contributed by atoms with E-state index in [0.717, 1.165) is 12.8 Å². The summed E-state index contributed by atoms with van der Waals surface area (Å²) in [6.07, 6.45) is 3.83. The molecule has 0 saturated carbocycles. The highest BCUT2D eigenvalue weighted by Gasteiger charge is 2.27. The minimum Gasteiger partial charge on any atom is -0.448 e. The molecule has 0 aromatic carbocycles. The summed E-state index contributed by atoms with van der Waals surface area (Å²) in [6, 6.07) is 3.20. The van der Waals surface area contributed by atoms with Crippen molar-refractivity contribution in [1.29, 1.82) is 0 Å². The van der Waals surface area contributed by atoms with Crippen molar-refractivity contribution in [2.75, 3.05) is 19.3 Å². The maximum atomic E-state index is 11.5. The SMILES string of the molecule is CS(=O)(=O)N1CCCC(CC(N)c2ccc(Cl)o2)C1. The molecule has 1 aliphatic rings. The van der Waals surface area contributed by atoms with Crippen LogP contribution in [0.2, 0.25) is 5.22 Å². The van der Waals surface area contributed by atoms with Gasteiger partial charge in [0.15, 0.2) is 5.22 Å². The van der Waals surface area contributed by atoms with Crippen LogP contribution < -0.4 is 5.73 Å². The van der Waals surface area contributed by atoms with Crippen molar-refractivity contribution in [1.82, 2.24) is 4.31 Å². The Labute approximate surface area is 118 Å². The van der Waals surface area contributed by atoms with Gasteiger partial charge in [0.1, 0.15) is 5.76 Å². The second-order valence-electron chi connectivity index (χ2n) is 5.11. The molecule has 2 N–H and O–H groups in total. The Kier molecular flexibility index (Phi) is 4.55. The first-order chi connectivity index (χ1) is 8.86. The van der Waals surface area contributed by atoms with E-state index < -0.39 is 10.0 Å². The molecule has 7 heteroatoms. The number of halogens is 1. The van der Waals surface area contributed by atoms with Crippen molar-refractivity contribution in [3.8, 4) is 0 Å². The molecule has 2 heterocycles. The Morgan fingerprint density at radius 1 is 1.58 bits per heavy atom. The van der Waals surface area contributed by atoms with Gasteiger partial charge in [-0.1, -0.05) is 0 Å². The van der Waals surface area contributed by atoms with Crippen molar-refractivity contribution >= 4 is 21.6 Å². The second-order valence-corrected chi connectivity index (χ2v) is 7.47. The molecule has 0 aliphatic carbocycles. The number of sulfonamides is 1. The number of nitrogens with zero attached hydrogens (tertiary/aromatic N) is 1. The van der Waals surface area contributed by atoms with E-state index in [2.05, 4.69) is 0 Å². The third-order valence-electron chi connectivity index (χ3n) is 3.50. The number of rotatable bonds is 4. The predicted molar refractivity (Wildman–Crippen MR) is 74.4 cm³/mol. The number of furan rings is 1. The van der Waals surface area contributed by atoms with Crippen LogP contribution in [-0.2, 0) is 10.0 Å². The van der Waals surface area contributed by atoms with Gasteiger partial charge in [0.25, 0.3) is 0 Å². The quantitative estimate of drug-likeness (QED) is 0.923. The van der Waals surface area contributed by atoms with Crippen LogP contribution in [0, 0.1) is 5.92 Å². The minimum absolute atomic E-state index is 0.239. The Morgan fingerprint density at radius 3 is 2.89 bits per heavy atom. The number of piperidine rings is 1. The van der Waals surface area contributed by atoms with Crippen LogP contribution >= 0.6 is 11.6 Å². The van der Waals surface area contributed by atoms with E-state index in [0.29, 0.717) is 30.5 Å². The summed E-state index contributed by atoms with van der Waals surface area (Å²) in [5.41, 5.74) is 6.07. The van der Waals surface area contributed by atoms with E-state index in [4.69, 9.17) is 21.8 Å². The van der Waals surface area contributed by atoms with Crippen molar-refractivity contribution in [3.05, 3.63) is 23.1 Å². The molecular weight excluding hydrogens is 288 g/mol. The van der Waals surface area contributed by atoms with Crippen molar-refractivity contribution in [3.63, 3.8) is 0 Å². The van der Waals surface area contributed by atoms with Crippen LogP contribution in [0.4, 0.5) is 0 Å². The van der Waals surface area contributed by atoms with Crippen LogP contribution in [-0.4, -0.2) is 32.1 Å².